The normalized spacial score (nSPS) is 16.1. The molecule has 0 aliphatic carbocycles. The van der Waals surface area contributed by atoms with E-state index in [1.165, 1.54) is 0 Å². The molecule has 4 heterocycles. The van der Waals surface area contributed by atoms with Crippen molar-refractivity contribution in [3.05, 3.63) is 58.0 Å². The molecule has 0 spiro atoms. The summed E-state index contributed by atoms with van der Waals surface area (Å²) in [6, 6.07) is 1.77. The number of hydrogen-bond donors (Lipinski definition) is 1. The van der Waals surface area contributed by atoms with Crippen molar-refractivity contribution in [1.82, 2.24) is 24.6 Å². The third kappa shape index (κ3) is 3.60. The van der Waals surface area contributed by atoms with Crippen LogP contribution in [-0.4, -0.2) is 37.7 Å². The van der Waals surface area contributed by atoms with Crippen LogP contribution in [0.25, 0.3) is 5.78 Å². The predicted octanol–water partition coefficient (Wildman–Crippen LogP) is 2.55. The molecule has 0 radical (unpaired) electrons. The summed E-state index contributed by atoms with van der Waals surface area (Å²) in [5, 5.41) is 3.73. The van der Waals surface area contributed by atoms with Gasteiger partial charge in [0.05, 0.1) is 5.69 Å². The largest absolute Gasteiger partial charge is 0.432 e. The maximum absolute atomic E-state index is 12.9. The minimum absolute atomic E-state index is 0.0762. The van der Waals surface area contributed by atoms with Crippen LogP contribution in [0.3, 0.4) is 0 Å². The van der Waals surface area contributed by atoms with Crippen molar-refractivity contribution in [3.63, 3.8) is 0 Å². The second-order valence-electron chi connectivity index (χ2n) is 5.62. The van der Waals surface area contributed by atoms with Gasteiger partial charge < -0.3 is 5.32 Å². The molecule has 0 saturated heterocycles. The number of rotatable bonds is 4. The average molecular weight is 392 g/mol. The molecule has 0 bridgehead atoms. The zero-order chi connectivity index (χ0) is 19.0. The highest BCUT2D eigenvalue weighted by Gasteiger charge is 2.42. The van der Waals surface area contributed by atoms with E-state index in [0.717, 1.165) is 28.4 Å². The van der Waals surface area contributed by atoms with Crippen molar-refractivity contribution in [2.45, 2.75) is 19.0 Å². The molecule has 4 rings (SSSR count). The van der Waals surface area contributed by atoms with Crippen LogP contribution in [-0.2, 0) is 11.2 Å². The van der Waals surface area contributed by atoms with Gasteiger partial charge >= 0.3 is 6.18 Å². The van der Waals surface area contributed by atoms with Crippen molar-refractivity contribution >= 4 is 29.8 Å². The Morgan fingerprint density at radius 3 is 3.00 bits per heavy atom. The number of nitrogens with one attached hydrogen (secondary N) is 1. The van der Waals surface area contributed by atoms with Crippen molar-refractivity contribution in [3.8, 4) is 0 Å². The molecule has 0 unspecified atom stereocenters. The Bertz CT molecular complexity index is 1010. The van der Waals surface area contributed by atoms with Gasteiger partial charge in [-0.05, 0) is 11.8 Å². The molecule has 27 heavy (non-hydrogen) atoms. The Kier molecular flexibility index (Phi) is 4.25. The number of amides is 1. The average Bonchev–Trinajstić information content (AvgIpc) is 3.22. The van der Waals surface area contributed by atoms with Crippen LogP contribution in [0.1, 0.15) is 12.1 Å². The number of allylic oxidation sites excluding steroid dienone is 1. The van der Waals surface area contributed by atoms with Gasteiger partial charge in [-0.15, -0.1) is 0 Å². The van der Waals surface area contributed by atoms with Gasteiger partial charge in [-0.2, -0.15) is 13.2 Å². The van der Waals surface area contributed by atoms with Gasteiger partial charge in [-0.25, -0.2) is 15.0 Å². The topological polar surface area (TPSA) is 74.9 Å². The van der Waals surface area contributed by atoms with E-state index in [9.17, 15) is 18.0 Å². The lowest BCUT2D eigenvalue weighted by atomic mass is 10.2. The van der Waals surface area contributed by atoms with Gasteiger partial charge in [-0.1, -0.05) is 11.8 Å². The number of fused-ring (bicyclic) bond motifs is 2. The monoisotopic (exact) mass is 392 g/mol. The Morgan fingerprint density at radius 1 is 1.37 bits per heavy atom. The summed E-state index contributed by atoms with van der Waals surface area (Å²) in [5.74, 6) is 0.288. The second kappa shape index (κ2) is 6.60. The number of halogens is 3. The molecule has 2 aromatic heterocycles. The number of aromatic nitrogens is 3. The first-order valence-corrected chi connectivity index (χ1v) is 8.65. The van der Waals surface area contributed by atoms with Crippen molar-refractivity contribution < 1.29 is 18.0 Å². The third-order valence-electron chi connectivity index (χ3n) is 3.73. The van der Waals surface area contributed by atoms with E-state index in [4.69, 9.17) is 0 Å². The van der Waals surface area contributed by atoms with Gasteiger partial charge in [0, 0.05) is 36.8 Å². The number of hydrogen-bond acceptors (Lipinski definition) is 6. The first kappa shape index (κ1) is 17.4. The van der Waals surface area contributed by atoms with Crippen LogP contribution in [0.4, 0.5) is 13.2 Å². The van der Waals surface area contributed by atoms with E-state index in [0.29, 0.717) is 17.9 Å². The lowest BCUT2D eigenvalue weighted by molar-refractivity contribution is -0.120. The molecular formula is C16H11F3N6OS. The Labute approximate surface area is 155 Å². The molecule has 11 heteroatoms. The minimum Gasteiger partial charge on any atom is -0.304 e. The lowest BCUT2D eigenvalue weighted by Gasteiger charge is -2.20. The van der Waals surface area contributed by atoms with E-state index in [1.807, 2.05) is 0 Å². The van der Waals surface area contributed by atoms with Crippen LogP contribution < -0.4 is 5.32 Å². The summed E-state index contributed by atoms with van der Waals surface area (Å²) in [6.45, 7) is 0. The Hall–Kier alpha value is -3.04. The first-order chi connectivity index (χ1) is 12.9. The first-order valence-electron chi connectivity index (χ1n) is 7.77. The number of carbonyl (C=O) groups is 1. The fraction of sp³-hybridized carbons (Fsp3) is 0.188. The highest BCUT2D eigenvalue weighted by Crippen LogP contribution is 2.41. The summed E-state index contributed by atoms with van der Waals surface area (Å²) in [4.78, 5) is 25.2. The molecule has 1 N–H and O–H groups in total. The predicted molar refractivity (Wildman–Crippen MR) is 92.0 cm³/mol. The van der Waals surface area contributed by atoms with Crippen LogP contribution in [0.15, 0.2) is 57.3 Å². The standard InChI is InChI=1S/C16H11F3N6OS/c17-16(18,19)11-8-27-14-6-12(21-9-25(11)14)23-13(26)3-2-10-7-24-5-1-4-20-15(24)22-10/h1,4-5,7-9H,2-3H2,(H,23,26). The Balaban J connectivity index is 1.39. The van der Waals surface area contributed by atoms with Crippen LogP contribution in [0.5, 0.6) is 0 Å². The van der Waals surface area contributed by atoms with Crippen molar-refractivity contribution in [2.75, 3.05) is 0 Å². The summed E-state index contributed by atoms with van der Waals surface area (Å²) in [7, 11) is 0. The molecule has 138 valence electrons. The quantitative estimate of drug-likeness (QED) is 0.810. The fourth-order valence-corrected chi connectivity index (χ4v) is 3.38. The fourth-order valence-electron chi connectivity index (χ4n) is 2.49. The van der Waals surface area contributed by atoms with Gasteiger partial charge in [0.1, 0.15) is 17.1 Å². The number of thioether (sulfide) groups is 1. The van der Waals surface area contributed by atoms with Gasteiger partial charge in [-0.3, -0.25) is 14.1 Å². The maximum atomic E-state index is 12.9. The summed E-state index contributed by atoms with van der Waals surface area (Å²) >= 11 is 0.871. The number of carbonyl (C=O) groups excluding carboxylic acids is 1. The maximum Gasteiger partial charge on any atom is 0.432 e. The molecule has 7 nitrogen and oxygen atoms in total. The highest BCUT2D eigenvalue weighted by molar-refractivity contribution is 8.06. The van der Waals surface area contributed by atoms with Crippen molar-refractivity contribution in [1.29, 1.82) is 0 Å². The second-order valence-corrected chi connectivity index (χ2v) is 6.48. The Morgan fingerprint density at radius 2 is 2.22 bits per heavy atom. The van der Waals surface area contributed by atoms with E-state index >= 15 is 0 Å². The van der Waals surface area contributed by atoms with E-state index < -0.39 is 11.9 Å². The smallest absolute Gasteiger partial charge is 0.304 e. The number of nitrogens with zero attached hydrogens (tertiary/aromatic N) is 5. The van der Waals surface area contributed by atoms with E-state index in [1.54, 1.807) is 29.1 Å². The molecule has 2 aliphatic rings. The summed E-state index contributed by atoms with van der Waals surface area (Å²) < 4.78 is 40.3. The molecule has 0 atom stereocenters. The zero-order valence-corrected chi connectivity index (χ0v) is 14.4. The lowest BCUT2D eigenvalue weighted by Crippen LogP contribution is -2.29. The molecule has 1 amide bonds. The van der Waals surface area contributed by atoms with E-state index in [-0.39, 0.29) is 23.2 Å². The molecule has 0 fully saturated rings. The zero-order valence-electron chi connectivity index (χ0n) is 13.6. The van der Waals surface area contributed by atoms with E-state index in [2.05, 4.69) is 26.0 Å². The molecular weight excluding hydrogens is 381 g/mol. The third-order valence-corrected chi connectivity index (χ3v) is 4.59. The summed E-state index contributed by atoms with van der Waals surface area (Å²) in [6.07, 6.45) is 2.30. The van der Waals surface area contributed by atoms with Crippen molar-refractivity contribution in [2.24, 2.45) is 4.99 Å². The minimum atomic E-state index is -4.48. The van der Waals surface area contributed by atoms with Crippen LogP contribution in [0.2, 0.25) is 0 Å². The van der Waals surface area contributed by atoms with Crippen LogP contribution in [0, 0.1) is 0 Å². The van der Waals surface area contributed by atoms with Gasteiger partial charge in [0.2, 0.25) is 11.7 Å². The number of aryl methyl sites for hydroxylation is 1. The number of aliphatic imine (C=N–C) groups is 1. The molecule has 0 aromatic carbocycles. The number of alkyl halides is 3. The highest BCUT2D eigenvalue weighted by atomic mass is 32.2. The van der Waals surface area contributed by atoms with Crippen LogP contribution >= 0.6 is 11.8 Å². The molecule has 2 aliphatic heterocycles. The van der Waals surface area contributed by atoms with Gasteiger partial charge in [0.25, 0.3) is 0 Å². The molecule has 2 aromatic rings. The van der Waals surface area contributed by atoms with Gasteiger partial charge in [0.15, 0.2) is 5.82 Å². The summed E-state index contributed by atoms with van der Waals surface area (Å²) in [5.41, 5.74) is 2.56. The molecule has 0 saturated carbocycles. The SMILES string of the molecule is O=C(CCc1cn2cccnc2n1)NC1=C=C2SC=C(C(F)(F)F)N2C=N1. The number of imidazole rings is 1.